The van der Waals surface area contributed by atoms with Crippen LogP contribution in [0.15, 0.2) is 24.3 Å². The van der Waals surface area contributed by atoms with Crippen LogP contribution in [0.4, 0.5) is 4.79 Å². The molecule has 0 aliphatic heterocycles. The van der Waals surface area contributed by atoms with Crippen LogP contribution in [0.25, 0.3) is 0 Å². The van der Waals surface area contributed by atoms with Gasteiger partial charge in [0.25, 0.3) is 0 Å². The second kappa shape index (κ2) is 9.10. The molecule has 0 radical (unpaired) electrons. The van der Waals surface area contributed by atoms with Crippen molar-refractivity contribution in [2.45, 2.75) is 38.7 Å². The molecular formula is C16H25NO4. The minimum Gasteiger partial charge on any atom is -0.493 e. The molecule has 21 heavy (non-hydrogen) atoms. The molecule has 1 aliphatic rings. The third-order valence-electron chi connectivity index (χ3n) is 3.46. The summed E-state index contributed by atoms with van der Waals surface area (Å²) in [5, 5.41) is 0. The number of carbonyl (C=O) groups is 1. The van der Waals surface area contributed by atoms with Crippen LogP contribution in [-0.4, -0.2) is 26.4 Å². The Morgan fingerprint density at radius 3 is 2.14 bits per heavy atom. The summed E-state index contributed by atoms with van der Waals surface area (Å²) in [5.41, 5.74) is 4.91. The Kier molecular flexibility index (Phi) is 7.43. The van der Waals surface area contributed by atoms with E-state index in [1.807, 2.05) is 24.3 Å². The van der Waals surface area contributed by atoms with Crippen molar-refractivity contribution in [3.05, 3.63) is 24.3 Å². The summed E-state index contributed by atoms with van der Waals surface area (Å²) in [6, 6.07) is 7.53. The standard InChI is InChI=1S/C8H15NO2.C8H10O2/c1-6-3-2-4-7(5-6)11-8(9)10;1-9-7-5-3-4-6-8(7)10-2/h6-7H,2-5H2,1H3,(H2,9,10);3-6H,1-2H3. The number of para-hydroxylation sites is 2. The van der Waals surface area contributed by atoms with E-state index in [9.17, 15) is 4.79 Å². The summed E-state index contributed by atoms with van der Waals surface area (Å²) >= 11 is 0. The number of rotatable bonds is 3. The van der Waals surface area contributed by atoms with Crippen LogP contribution in [0.2, 0.25) is 0 Å². The van der Waals surface area contributed by atoms with Crippen LogP contribution in [-0.2, 0) is 4.74 Å². The van der Waals surface area contributed by atoms with Gasteiger partial charge >= 0.3 is 6.09 Å². The topological polar surface area (TPSA) is 70.8 Å². The largest absolute Gasteiger partial charge is 0.493 e. The number of benzene rings is 1. The number of amides is 1. The molecule has 0 aromatic heterocycles. The fourth-order valence-electron chi connectivity index (χ4n) is 2.44. The molecule has 118 valence electrons. The highest BCUT2D eigenvalue weighted by molar-refractivity contribution is 5.64. The molecule has 1 aromatic carbocycles. The Labute approximate surface area is 126 Å². The summed E-state index contributed by atoms with van der Waals surface area (Å²) in [4.78, 5) is 10.4. The van der Waals surface area contributed by atoms with E-state index in [2.05, 4.69) is 6.92 Å². The van der Waals surface area contributed by atoms with Crippen LogP contribution >= 0.6 is 0 Å². The zero-order valence-electron chi connectivity index (χ0n) is 13.0. The van der Waals surface area contributed by atoms with Gasteiger partial charge in [-0.2, -0.15) is 0 Å². The lowest BCUT2D eigenvalue weighted by atomic mass is 9.89. The van der Waals surface area contributed by atoms with Crippen molar-refractivity contribution in [3.8, 4) is 11.5 Å². The van der Waals surface area contributed by atoms with E-state index in [1.165, 1.54) is 6.42 Å². The Balaban J connectivity index is 0.000000211. The van der Waals surface area contributed by atoms with Crippen molar-refractivity contribution in [1.29, 1.82) is 0 Å². The molecule has 2 N–H and O–H groups in total. The van der Waals surface area contributed by atoms with E-state index in [4.69, 9.17) is 19.9 Å². The van der Waals surface area contributed by atoms with E-state index in [0.29, 0.717) is 5.92 Å². The summed E-state index contributed by atoms with van der Waals surface area (Å²) < 4.78 is 14.9. The van der Waals surface area contributed by atoms with Crippen LogP contribution in [0.5, 0.6) is 11.5 Å². The normalized spacial score (nSPS) is 20.7. The monoisotopic (exact) mass is 295 g/mol. The lowest BCUT2D eigenvalue weighted by Gasteiger charge is -2.25. The van der Waals surface area contributed by atoms with Gasteiger partial charge in [0.2, 0.25) is 0 Å². The molecule has 0 saturated heterocycles. The molecule has 1 amide bonds. The fraction of sp³-hybridized carbons (Fsp3) is 0.562. The first kappa shape index (κ1) is 17.1. The average molecular weight is 295 g/mol. The number of ether oxygens (including phenoxy) is 3. The van der Waals surface area contributed by atoms with Crippen LogP contribution in [0.3, 0.4) is 0 Å². The Morgan fingerprint density at radius 2 is 1.71 bits per heavy atom. The number of primary amides is 1. The van der Waals surface area contributed by atoms with E-state index in [0.717, 1.165) is 30.8 Å². The maximum absolute atomic E-state index is 10.4. The van der Waals surface area contributed by atoms with Gasteiger partial charge in [0, 0.05) is 0 Å². The average Bonchev–Trinajstić information content (AvgIpc) is 2.47. The van der Waals surface area contributed by atoms with Crippen molar-refractivity contribution in [1.82, 2.24) is 0 Å². The summed E-state index contributed by atoms with van der Waals surface area (Å²) in [5.74, 6) is 2.21. The third kappa shape index (κ3) is 6.38. The molecule has 0 heterocycles. The number of hydrogen-bond donors (Lipinski definition) is 1. The number of carbonyl (C=O) groups excluding carboxylic acids is 1. The van der Waals surface area contributed by atoms with Gasteiger partial charge in [-0.25, -0.2) is 4.79 Å². The van der Waals surface area contributed by atoms with Gasteiger partial charge in [-0.1, -0.05) is 25.5 Å². The number of hydrogen-bond acceptors (Lipinski definition) is 4. The van der Waals surface area contributed by atoms with E-state index < -0.39 is 6.09 Å². The minimum absolute atomic E-state index is 0.0799. The third-order valence-corrected chi connectivity index (χ3v) is 3.46. The molecule has 1 fully saturated rings. The summed E-state index contributed by atoms with van der Waals surface area (Å²) in [6.45, 7) is 2.18. The number of nitrogens with two attached hydrogens (primary N) is 1. The van der Waals surface area contributed by atoms with Crippen molar-refractivity contribution in [2.75, 3.05) is 14.2 Å². The highest BCUT2D eigenvalue weighted by Crippen LogP contribution is 2.25. The second-order valence-electron chi connectivity index (χ2n) is 5.19. The maximum atomic E-state index is 10.4. The van der Waals surface area contributed by atoms with Gasteiger partial charge in [-0.05, 0) is 37.3 Å². The van der Waals surface area contributed by atoms with Gasteiger partial charge in [-0.15, -0.1) is 0 Å². The number of methoxy groups -OCH3 is 2. The molecule has 1 saturated carbocycles. The van der Waals surface area contributed by atoms with Gasteiger partial charge in [0.15, 0.2) is 11.5 Å². The first-order valence-electron chi connectivity index (χ1n) is 7.20. The molecular weight excluding hydrogens is 270 g/mol. The zero-order valence-corrected chi connectivity index (χ0v) is 13.0. The minimum atomic E-state index is -0.635. The molecule has 2 unspecified atom stereocenters. The van der Waals surface area contributed by atoms with Crippen molar-refractivity contribution in [2.24, 2.45) is 11.7 Å². The second-order valence-corrected chi connectivity index (χ2v) is 5.19. The van der Waals surface area contributed by atoms with Crippen LogP contribution in [0.1, 0.15) is 32.6 Å². The summed E-state index contributed by atoms with van der Waals surface area (Å²) in [6.07, 6.45) is 3.80. The molecule has 1 aliphatic carbocycles. The zero-order chi connectivity index (χ0) is 15.7. The molecule has 0 bridgehead atoms. The van der Waals surface area contributed by atoms with E-state index in [1.54, 1.807) is 14.2 Å². The predicted octanol–water partition coefficient (Wildman–Crippen LogP) is 3.36. The lowest BCUT2D eigenvalue weighted by molar-refractivity contribution is 0.0691. The molecule has 1 aromatic rings. The highest BCUT2D eigenvalue weighted by Gasteiger charge is 2.20. The van der Waals surface area contributed by atoms with Crippen molar-refractivity contribution in [3.63, 3.8) is 0 Å². The molecule has 2 atom stereocenters. The maximum Gasteiger partial charge on any atom is 0.404 e. The predicted molar refractivity (Wildman–Crippen MR) is 81.6 cm³/mol. The van der Waals surface area contributed by atoms with Crippen molar-refractivity contribution >= 4 is 6.09 Å². The van der Waals surface area contributed by atoms with E-state index >= 15 is 0 Å². The molecule has 5 nitrogen and oxygen atoms in total. The lowest BCUT2D eigenvalue weighted by Crippen LogP contribution is -2.27. The van der Waals surface area contributed by atoms with Crippen LogP contribution < -0.4 is 15.2 Å². The first-order chi connectivity index (χ1) is 10.1. The Morgan fingerprint density at radius 1 is 1.14 bits per heavy atom. The van der Waals surface area contributed by atoms with Gasteiger partial charge in [0.1, 0.15) is 6.10 Å². The molecule has 2 rings (SSSR count). The Bertz CT molecular complexity index is 413. The quantitative estimate of drug-likeness (QED) is 0.928. The van der Waals surface area contributed by atoms with Gasteiger partial charge in [-0.3, -0.25) is 0 Å². The summed E-state index contributed by atoms with van der Waals surface area (Å²) in [7, 11) is 3.25. The molecule has 5 heteroatoms. The highest BCUT2D eigenvalue weighted by atomic mass is 16.6. The smallest absolute Gasteiger partial charge is 0.404 e. The van der Waals surface area contributed by atoms with Gasteiger partial charge in [0.05, 0.1) is 14.2 Å². The van der Waals surface area contributed by atoms with E-state index in [-0.39, 0.29) is 6.10 Å². The molecule has 0 spiro atoms. The fourth-order valence-corrected chi connectivity index (χ4v) is 2.44. The Hall–Kier alpha value is -1.91. The van der Waals surface area contributed by atoms with Gasteiger partial charge < -0.3 is 19.9 Å². The van der Waals surface area contributed by atoms with Crippen molar-refractivity contribution < 1.29 is 19.0 Å². The SMILES string of the molecule is CC1CCCC(OC(N)=O)C1.COc1ccccc1OC. The van der Waals surface area contributed by atoms with Crippen LogP contribution in [0, 0.1) is 5.92 Å². The first-order valence-corrected chi connectivity index (χ1v) is 7.20.